The fraction of sp³-hybridized carbons (Fsp3) is 0.222. The molecule has 0 unspecified atom stereocenters. The number of rotatable bonds is 0. The molecule has 3 aromatic carbocycles. The second-order valence-corrected chi connectivity index (χ2v) is 7.18. The number of hydrogen-bond donors (Lipinski definition) is 0. The summed E-state index contributed by atoms with van der Waals surface area (Å²) in [7, 11) is 0. The fourth-order valence-corrected chi connectivity index (χ4v) is 3.96. The third-order valence-electron chi connectivity index (χ3n) is 4.21. The zero-order valence-electron chi connectivity index (χ0n) is 12.1. The van der Waals surface area contributed by atoms with Gasteiger partial charge < -0.3 is 0 Å². The average molecular weight is 392 g/mol. The molecule has 0 atom stereocenters. The highest BCUT2D eigenvalue weighted by molar-refractivity contribution is 9.11. The van der Waals surface area contributed by atoms with Crippen LogP contribution in [0.2, 0.25) is 0 Å². The SMILES string of the molecule is Cc1cc2c(Br)c3cc(C)c(C)cc3c(Br)c2cc1C. The number of hydrogen-bond acceptors (Lipinski definition) is 0. The Hall–Kier alpha value is -0.860. The molecule has 2 heteroatoms. The summed E-state index contributed by atoms with van der Waals surface area (Å²) in [6.45, 7) is 8.67. The fourth-order valence-electron chi connectivity index (χ4n) is 2.65. The van der Waals surface area contributed by atoms with Gasteiger partial charge in [-0.3, -0.25) is 0 Å². The van der Waals surface area contributed by atoms with Crippen molar-refractivity contribution in [2.45, 2.75) is 27.7 Å². The lowest BCUT2D eigenvalue weighted by molar-refractivity contribution is 1.35. The normalized spacial score (nSPS) is 11.5. The van der Waals surface area contributed by atoms with Crippen molar-refractivity contribution >= 4 is 53.4 Å². The van der Waals surface area contributed by atoms with Crippen molar-refractivity contribution in [1.82, 2.24) is 0 Å². The number of aryl methyl sites for hydroxylation is 4. The van der Waals surface area contributed by atoms with Gasteiger partial charge in [-0.2, -0.15) is 0 Å². The van der Waals surface area contributed by atoms with Crippen molar-refractivity contribution in [2.75, 3.05) is 0 Å². The number of halogens is 2. The monoisotopic (exact) mass is 390 g/mol. The van der Waals surface area contributed by atoms with Crippen molar-refractivity contribution in [3.63, 3.8) is 0 Å². The summed E-state index contributed by atoms with van der Waals surface area (Å²) < 4.78 is 2.38. The van der Waals surface area contributed by atoms with Crippen LogP contribution < -0.4 is 0 Å². The van der Waals surface area contributed by atoms with Gasteiger partial charge in [-0.15, -0.1) is 0 Å². The molecule has 0 aromatic heterocycles. The number of benzene rings is 3. The molecule has 0 radical (unpaired) electrons. The average Bonchev–Trinajstić information content (AvgIpc) is 2.41. The standard InChI is InChI=1S/C18H16Br2/c1-9-5-13-14(6-10(9)2)18(20)16-8-12(4)11(3)7-15(16)17(13)19/h5-8H,1-4H3. The van der Waals surface area contributed by atoms with Gasteiger partial charge in [0.2, 0.25) is 0 Å². The molecule has 102 valence electrons. The summed E-state index contributed by atoms with van der Waals surface area (Å²) in [5, 5.41) is 5.10. The Morgan fingerprint density at radius 3 is 0.900 bits per heavy atom. The van der Waals surface area contributed by atoms with Gasteiger partial charge in [0, 0.05) is 8.95 Å². The smallest absolute Gasteiger partial charge is 0.0333 e. The summed E-state index contributed by atoms with van der Waals surface area (Å²) in [5.74, 6) is 0. The first-order chi connectivity index (χ1) is 9.40. The van der Waals surface area contributed by atoms with Crippen molar-refractivity contribution in [3.05, 3.63) is 55.5 Å². The topological polar surface area (TPSA) is 0 Å². The molecular formula is C18H16Br2. The van der Waals surface area contributed by atoms with Crippen LogP contribution in [0.1, 0.15) is 22.3 Å². The first kappa shape index (κ1) is 14.1. The Bertz CT molecular complexity index is 720. The lowest BCUT2D eigenvalue weighted by Gasteiger charge is -2.14. The first-order valence-corrected chi connectivity index (χ1v) is 8.27. The van der Waals surface area contributed by atoms with E-state index < -0.39 is 0 Å². The van der Waals surface area contributed by atoms with E-state index in [0.717, 1.165) is 0 Å². The van der Waals surface area contributed by atoms with Gasteiger partial charge in [0.15, 0.2) is 0 Å². The Morgan fingerprint density at radius 2 is 0.700 bits per heavy atom. The quantitative estimate of drug-likeness (QED) is 0.371. The molecule has 20 heavy (non-hydrogen) atoms. The van der Waals surface area contributed by atoms with E-state index in [1.54, 1.807) is 0 Å². The maximum atomic E-state index is 3.81. The lowest BCUT2D eigenvalue weighted by Crippen LogP contribution is -1.89. The van der Waals surface area contributed by atoms with Crippen LogP contribution >= 0.6 is 31.9 Å². The molecule has 3 aromatic rings. The van der Waals surface area contributed by atoms with Crippen LogP contribution in [0, 0.1) is 27.7 Å². The van der Waals surface area contributed by atoms with Crippen LogP contribution in [-0.2, 0) is 0 Å². The summed E-state index contributed by atoms with van der Waals surface area (Å²) in [4.78, 5) is 0. The van der Waals surface area contributed by atoms with Crippen LogP contribution in [0.3, 0.4) is 0 Å². The molecule has 0 aliphatic carbocycles. The van der Waals surface area contributed by atoms with Crippen molar-refractivity contribution in [3.8, 4) is 0 Å². The van der Waals surface area contributed by atoms with Crippen LogP contribution in [-0.4, -0.2) is 0 Å². The van der Waals surface area contributed by atoms with Crippen LogP contribution in [0.5, 0.6) is 0 Å². The van der Waals surface area contributed by atoms with E-state index in [9.17, 15) is 0 Å². The van der Waals surface area contributed by atoms with Gasteiger partial charge in [0.05, 0.1) is 0 Å². The first-order valence-electron chi connectivity index (χ1n) is 6.69. The molecule has 0 heterocycles. The predicted octanol–water partition coefficient (Wildman–Crippen LogP) is 6.75. The molecule has 3 rings (SSSR count). The van der Waals surface area contributed by atoms with Crippen LogP contribution in [0.15, 0.2) is 33.2 Å². The molecular weight excluding hydrogens is 376 g/mol. The van der Waals surface area contributed by atoms with Crippen molar-refractivity contribution < 1.29 is 0 Å². The largest absolute Gasteiger partial charge is 0.0500 e. The van der Waals surface area contributed by atoms with E-state index in [1.165, 1.54) is 52.7 Å². The van der Waals surface area contributed by atoms with Crippen LogP contribution in [0.25, 0.3) is 21.5 Å². The van der Waals surface area contributed by atoms with E-state index in [4.69, 9.17) is 0 Å². The van der Waals surface area contributed by atoms with Gasteiger partial charge in [0.1, 0.15) is 0 Å². The minimum absolute atomic E-state index is 1.19. The van der Waals surface area contributed by atoms with Gasteiger partial charge >= 0.3 is 0 Å². The van der Waals surface area contributed by atoms with Gasteiger partial charge in [-0.05, 0) is 128 Å². The molecule has 0 nitrogen and oxygen atoms in total. The third-order valence-corrected chi connectivity index (χ3v) is 5.92. The summed E-state index contributed by atoms with van der Waals surface area (Å²) in [5.41, 5.74) is 5.31. The molecule has 0 bridgehead atoms. The zero-order valence-corrected chi connectivity index (χ0v) is 15.2. The molecule has 0 amide bonds. The van der Waals surface area contributed by atoms with E-state index in [-0.39, 0.29) is 0 Å². The van der Waals surface area contributed by atoms with Crippen molar-refractivity contribution in [1.29, 1.82) is 0 Å². The van der Waals surface area contributed by atoms with E-state index >= 15 is 0 Å². The second-order valence-electron chi connectivity index (χ2n) is 5.59. The maximum Gasteiger partial charge on any atom is 0.0333 e. The minimum Gasteiger partial charge on any atom is -0.0500 e. The highest BCUT2D eigenvalue weighted by atomic mass is 79.9. The predicted molar refractivity (Wildman–Crippen MR) is 95.8 cm³/mol. The van der Waals surface area contributed by atoms with Gasteiger partial charge in [-0.1, -0.05) is 0 Å². The Balaban J connectivity index is 2.60. The Labute approximate surface area is 136 Å². The summed E-state index contributed by atoms with van der Waals surface area (Å²) in [6, 6.07) is 9.09. The molecule has 0 aliphatic rings. The molecule has 0 N–H and O–H groups in total. The lowest BCUT2D eigenvalue weighted by atomic mass is 9.96. The van der Waals surface area contributed by atoms with E-state index in [0.29, 0.717) is 0 Å². The minimum atomic E-state index is 1.19. The summed E-state index contributed by atoms with van der Waals surface area (Å²) >= 11 is 7.63. The highest BCUT2D eigenvalue weighted by Gasteiger charge is 2.13. The second kappa shape index (κ2) is 4.85. The molecule has 0 aliphatic heterocycles. The van der Waals surface area contributed by atoms with E-state index in [1.807, 2.05) is 0 Å². The Morgan fingerprint density at radius 1 is 0.500 bits per heavy atom. The number of fused-ring (bicyclic) bond motifs is 2. The summed E-state index contributed by atoms with van der Waals surface area (Å²) in [6.07, 6.45) is 0. The maximum absolute atomic E-state index is 3.81. The molecule has 0 spiro atoms. The van der Waals surface area contributed by atoms with E-state index in [2.05, 4.69) is 83.8 Å². The molecule has 0 saturated heterocycles. The Kier molecular flexibility index (Phi) is 3.42. The zero-order chi connectivity index (χ0) is 14.6. The van der Waals surface area contributed by atoms with Gasteiger partial charge in [-0.25, -0.2) is 0 Å². The third kappa shape index (κ3) is 2.01. The van der Waals surface area contributed by atoms with Crippen molar-refractivity contribution in [2.24, 2.45) is 0 Å². The molecule has 0 saturated carbocycles. The highest BCUT2D eigenvalue weighted by Crippen LogP contribution is 2.41. The van der Waals surface area contributed by atoms with Gasteiger partial charge in [0.25, 0.3) is 0 Å². The molecule has 0 fully saturated rings. The van der Waals surface area contributed by atoms with Crippen LogP contribution in [0.4, 0.5) is 0 Å².